The van der Waals surface area contributed by atoms with Gasteiger partial charge in [0.25, 0.3) is 0 Å². The molecule has 1 N–H and O–H groups in total. The summed E-state index contributed by atoms with van der Waals surface area (Å²) in [5, 5.41) is 14.2. The normalized spacial score (nSPS) is 17.7. The number of hydrogen-bond acceptors (Lipinski definition) is 4. The van der Waals surface area contributed by atoms with Crippen molar-refractivity contribution < 1.29 is 14.6 Å². The van der Waals surface area contributed by atoms with Gasteiger partial charge in [-0.25, -0.2) is 14.5 Å². The largest absolute Gasteiger partial charge is 0.476 e. The van der Waals surface area contributed by atoms with Crippen LogP contribution >= 0.6 is 0 Å². The summed E-state index contributed by atoms with van der Waals surface area (Å²) in [6, 6.07) is 13.9. The van der Waals surface area contributed by atoms with Crippen LogP contribution in [0.3, 0.4) is 0 Å². The Bertz CT molecular complexity index is 1040. The van der Waals surface area contributed by atoms with Crippen LogP contribution in [0.1, 0.15) is 46.7 Å². The number of ether oxygens (including phenoxy) is 1. The monoisotopic (exact) mass is 391 g/mol. The van der Waals surface area contributed by atoms with E-state index in [0.717, 1.165) is 22.4 Å². The molecular formula is C23H25N3O3. The van der Waals surface area contributed by atoms with Crippen molar-refractivity contribution in [2.24, 2.45) is 5.41 Å². The second-order valence-electron chi connectivity index (χ2n) is 8.34. The SMILES string of the molecule is Cc1ccnc(-n2nc(C(=O)O)c3c2CC(C)(C)C(OCc2ccccc2)C3)c1. The summed E-state index contributed by atoms with van der Waals surface area (Å²) in [4.78, 5) is 16.3. The van der Waals surface area contributed by atoms with Crippen LogP contribution in [0, 0.1) is 12.3 Å². The van der Waals surface area contributed by atoms with Gasteiger partial charge in [0.05, 0.1) is 18.4 Å². The number of aromatic nitrogens is 3. The first-order valence-electron chi connectivity index (χ1n) is 9.78. The first-order valence-corrected chi connectivity index (χ1v) is 9.78. The average Bonchev–Trinajstić information content (AvgIpc) is 3.04. The molecule has 1 aliphatic carbocycles. The zero-order valence-corrected chi connectivity index (χ0v) is 16.9. The highest BCUT2D eigenvalue weighted by molar-refractivity contribution is 5.87. The van der Waals surface area contributed by atoms with Crippen molar-refractivity contribution in [3.8, 4) is 5.82 Å². The Labute approximate surface area is 170 Å². The third-order valence-electron chi connectivity index (χ3n) is 5.59. The fourth-order valence-electron chi connectivity index (χ4n) is 3.94. The van der Waals surface area contributed by atoms with E-state index in [4.69, 9.17) is 4.74 Å². The highest BCUT2D eigenvalue weighted by atomic mass is 16.5. The second kappa shape index (κ2) is 7.44. The Morgan fingerprint density at radius 2 is 2.03 bits per heavy atom. The first-order chi connectivity index (χ1) is 13.8. The number of hydrogen-bond donors (Lipinski definition) is 1. The van der Waals surface area contributed by atoms with Crippen LogP contribution in [0.25, 0.3) is 5.82 Å². The van der Waals surface area contributed by atoms with Gasteiger partial charge < -0.3 is 9.84 Å². The molecular weight excluding hydrogens is 366 g/mol. The highest BCUT2D eigenvalue weighted by Gasteiger charge is 2.41. The van der Waals surface area contributed by atoms with Crippen molar-refractivity contribution in [3.05, 3.63) is 76.7 Å². The fraction of sp³-hybridized carbons (Fsp3) is 0.348. The lowest BCUT2D eigenvalue weighted by Gasteiger charge is -2.38. The molecule has 0 aliphatic heterocycles. The minimum Gasteiger partial charge on any atom is -0.476 e. The molecule has 2 aromatic heterocycles. The lowest BCUT2D eigenvalue weighted by atomic mass is 9.73. The number of rotatable bonds is 5. The minimum atomic E-state index is -1.02. The molecule has 1 atom stereocenters. The second-order valence-corrected chi connectivity index (χ2v) is 8.34. The van der Waals surface area contributed by atoms with E-state index < -0.39 is 5.97 Å². The van der Waals surface area contributed by atoms with Gasteiger partial charge in [0.15, 0.2) is 11.5 Å². The molecule has 2 heterocycles. The number of aryl methyl sites for hydroxylation is 1. The standard InChI is InChI=1S/C23H25N3O3/c1-15-9-10-24-20(11-15)26-18-13-23(2,3)19(12-17(18)21(25-26)22(27)28)29-14-16-7-5-4-6-8-16/h4-11,19H,12-14H2,1-3H3,(H,27,28). The van der Waals surface area contributed by atoms with Gasteiger partial charge in [0, 0.05) is 18.2 Å². The van der Waals surface area contributed by atoms with Gasteiger partial charge in [-0.15, -0.1) is 0 Å². The predicted octanol–water partition coefficient (Wildman–Crippen LogP) is 3.98. The molecule has 0 radical (unpaired) electrons. The van der Waals surface area contributed by atoms with Gasteiger partial charge in [0.1, 0.15) is 0 Å². The maximum Gasteiger partial charge on any atom is 0.356 e. The van der Waals surface area contributed by atoms with E-state index in [2.05, 4.69) is 23.9 Å². The topological polar surface area (TPSA) is 77.2 Å². The molecule has 29 heavy (non-hydrogen) atoms. The number of fused-ring (bicyclic) bond motifs is 1. The molecule has 0 bridgehead atoms. The van der Waals surface area contributed by atoms with Gasteiger partial charge in [-0.2, -0.15) is 5.10 Å². The number of carboxylic acid groups (broad SMARTS) is 1. The summed E-state index contributed by atoms with van der Waals surface area (Å²) in [6.07, 6.45) is 2.80. The van der Waals surface area contributed by atoms with Crippen molar-refractivity contribution in [1.29, 1.82) is 0 Å². The first kappa shape index (κ1) is 19.3. The predicted molar refractivity (Wildman–Crippen MR) is 109 cm³/mol. The minimum absolute atomic E-state index is 0.0899. The molecule has 6 heteroatoms. The Hall–Kier alpha value is -2.99. The van der Waals surface area contributed by atoms with Crippen molar-refractivity contribution >= 4 is 5.97 Å². The van der Waals surface area contributed by atoms with Crippen LogP contribution in [-0.4, -0.2) is 31.9 Å². The third-order valence-corrected chi connectivity index (χ3v) is 5.59. The summed E-state index contributed by atoms with van der Waals surface area (Å²) >= 11 is 0. The number of carbonyl (C=O) groups is 1. The molecule has 0 spiro atoms. The summed E-state index contributed by atoms with van der Waals surface area (Å²) in [5.74, 6) is -0.373. The Morgan fingerprint density at radius 3 is 2.72 bits per heavy atom. The van der Waals surface area contributed by atoms with Crippen LogP contribution in [0.2, 0.25) is 0 Å². The lowest BCUT2D eigenvalue weighted by molar-refractivity contribution is -0.0412. The number of aromatic carboxylic acids is 1. The van der Waals surface area contributed by atoms with Gasteiger partial charge in [-0.1, -0.05) is 44.2 Å². The summed E-state index contributed by atoms with van der Waals surface area (Å²) in [6.45, 7) is 6.80. The molecule has 3 aromatic rings. The highest BCUT2D eigenvalue weighted by Crippen LogP contribution is 2.39. The fourth-order valence-corrected chi connectivity index (χ4v) is 3.94. The lowest BCUT2D eigenvalue weighted by Crippen LogP contribution is -2.40. The summed E-state index contributed by atoms with van der Waals surface area (Å²) in [5.41, 5.74) is 3.73. The maximum atomic E-state index is 11.9. The maximum absolute atomic E-state index is 11.9. The molecule has 1 aromatic carbocycles. The van der Waals surface area contributed by atoms with Crippen LogP contribution in [0.5, 0.6) is 0 Å². The summed E-state index contributed by atoms with van der Waals surface area (Å²) in [7, 11) is 0. The van der Waals surface area contributed by atoms with Gasteiger partial charge in [0.2, 0.25) is 0 Å². The van der Waals surface area contributed by atoms with Crippen LogP contribution in [-0.2, 0) is 24.2 Å². The van der Waals surface area contributed by atoms with Crippen LogP contribution in [0.4, 0.5) is 0 Å². The van der Waals surface area contributed by atoms with Crippen molar-refractivity contribution in [2.75, 3.05) is 0 Å². The molecule has 1 unspecified atom stereocenters. The molecule has 150 valence electrons. The zero-order valence-electron chi connectivity index (χ0n) is 16.9. The average molecular weight is 391 g/mol. The third kappa shape index (κ3) is 3.80. The smallest absolute Gasteiger partial charge is 0.356 e. The molecule has 6 nitrogen and oxygen atoms in total. The quantitative estimate of drug-likeness (QED) is 0.712. The van der Waals surface area contributed by atoms with Crippen molar-refractivity contribution in [3.63, 3.8) is 0 Å². The van der Waals surface area contributed by atoms with E-state index in [0.29, 0.717) is 25.3 Å². The van der Waals surface area contributed by atoms with Gasteiger partial charge in [-0.05, 0) is 42.0 Å². The number of benzene rings is 1. The van der Waals surface area contributed by atoms with E-state index in [1.165, 1.54) is 0 Å². The van der Waals surface area contributed by atoms with Crippen LogP contribution < -0.4 is 0 Å². The Morgan fingerprint density at radius 1 is 1.28 bits per heavy atom. The van der Waals surface area contributed by atoms with E-state index in [1.54, 1.807) is 10.9 Å². The zero-order chi connectivity index (χ0) is 20.6. The summed E-state index contributed by atoms with van der Waals surface area (Å²) < 4.78 is 7.96. The Balaban J connectivity index is 1.69. The van der Waals surface area contributed by atoms with Gasteiger partial charge in [-0.3, -0.25) is 0 Å². The van der Waals surface area contributed by atoms with Gasteiger partial charge >= 0.3 is 5.97 Å². The van der Waals surface area contributed by atoms with E-state index >= 15 is 0 Å². The van der Waals surface area contributed by atoms with E-state index in [1.807, 2.05) is 49.4 Å². The molecule has 0 saturated carbocycles. The number of nitrogens with zero attached hydrogens (tertiary/aromatic N) is 3. The van der Waals surface area contributed by atoms with Crippen molar-refractivity contribution in [2.45, 2.75) is 46.3 Å². The molecule has 0 fully saturated rings. The Kier molecular flexibility index (Phi) is 4.96. The van der Waals surface area contributed by atoms with E-state index in [-0.39, 0.29) is 17.2 Å². The molecule has 4 rings (SSSR count). The molecule has 0 amide bonds. The number of carboxylic acids is 1. The van der Waals surface area contributed by atoms with E-state index in [9.17, 15) is 9.90 Å². The number of pyridine rings is 1. The molecule has 0 saturated heterocycles. The molecule has 1 aliphatic rings. The van der Waals surface area contributed by atoms with Crippen molar-refractivity contribution in [1.82, 2.24) is 14.8 Å². The van der Waals surface area contributed by atoms with Crippen LogP contribution in [0.15, 0.2) is 48.7 Å².